The van der Waals surface area contributed by atoms with E-state index in [-0.39, 0.29) is 44.2 Å². The predicted molar refractivity (Wildman–Crippen MR) is 190 cm³/mol. The highest BCUT2D eigenvalue weighted by Crippen LogP contribution is 2.44. The second kappa shape index (κ2) is 10.4. The second-order valence-corrected chi connectivity index (χ2v) is 10.1. The molecule has 0 bridgehead atoms. The lowest BCUT2D eigenvalue weighted by atomic mass is 9.85. The molecule has 8 aromatic carbocycles. The van der Waals surface area contributed by atoms with Crippen molar-refractivity contribution in [3.63, 3.8) is 0 Å². The van der Waals surface area contributed by atoms with Crippen molar-refractivity contribution in [2.24, 2.45) is 0 Å². The Morgan fingerprint density at radius 1 is 0.333 bits per heavy atom. The molecule has 0 N–H and O–H groups in total. The van der Waals surface area contributed by atoms with Crippen molar-refractivity contribution in [3.8, 4) is 44.5 Å². The highest BCUT2D eigenvalue weighted by Gasteiger charge is 2.17. The first-order chi connectivity index (χ1) is 30.7. The Hall–Kier alpha value is -5.92. The van der Waals surface area contributed by atoms with Crippen LogP contribution in [0.15, 0.2) is 174 Å². The Kier molecular flexibility index (Phi) is 2.90. The van der Waals surface area contributed by atoms with Crippen LogP contribution in [-0.4, -0.2) is 0 Å². The van der Waals surface area contributed by atoms with Crippen LogP contribution in [0.25, 0.3) is 88.0 Å². The van der Waals surface area contributed by atoms with Crippen LogP contribution >= 0.6 is 0 Å². The number of benzene rings is 8. The number of rotatable bonds is 4. The monoisotopic (exact) mass is 592 g/mol. The molecule has 0 saturated carbocycles. The van der Waals surface area contributed by atoms with E-state index in [0.717, 1.165) is 0 Å². The zero-order chi connectivity index (χ0) is 47.1. The molecular weight excluding hydrogens is 544 g/mol. The normalized spacial score (nSPS) is 17.8. The van der Waals surface area contributed by atoms with Gasteiger partial charge in [-0.15, -0.1) is 0 Å². The number of furan rings is 1. The number of hydrogen-bond acceptors (Lipinski definition) is 1. The van der Waals surface area contributed by atoms with Gasteiger partial charge in [-0.2, -0.15) is 0 Å². The Morgan fingerprint density at radius 3 is 1.33 bits per heavy atom. The van der Waals surface area contributed by atoms with E-state index in [0.29, 0.717) is 21.5 Å². The Morgan fingerprint density at radius 2 is 0.756 bits per heavy atom. The summed E-state index contributed by atoms with van der Waals surface area (Å²) in [5.74, 6) is 0. The third-order valence-corrected chi connectivity index (χ3v) is 7.57. The zero-order valence-corrected chi connectivity index (χ0v) is 23.0. The van der Waals surface area contributed by atoms with E-state index in [1.807, 2.05) is 0 Å². The molecule has 1 heterocycles. The summed E-state index contributed by atoms with van der Waals surface area (Å²) in [7, 11) is 0. The molecule has 0 unspecified atom stereocenters. The highest BCUT2D eigenvalue weighted by atomic mass is 16.3. The topological polar surface area (TPSA) is 13.1 Å². The smallest absolute Gasteiger partial charge is 0.135 e. The van der Waals surface area contributed by atoms with Gasteiger partial charge in [0.2, 0.25) is 0 Å². The summed E-state index contributed by atoms with van der Waals surface area (Å²) in [6, 6.07) is -0.0488. The van der Waals surface area contributed by atoms with Crippen LogP contribution in [0.3, 0.4) is 0 Å². The van der Waals surface area contributed by atoms with Gasteiger partial charge in [-0.25, -0.2) is 0 Å². The summed E-state index contributed by atoms with van der Waals surface area (Å²) in [5.41, 5.74) is -2.81. The van der Waals surface area contributed by atoms with Crippen molar-refractivity contribution in [1.82, 2.24) is 0 Å². The first-order valence-corrected chi connectivity index (χ1v) is 13.8. The first-order valence-electron chi connectivity index (χ1n) is 23.8. The average Bonchev–Trinajstić information content (AvgIpc) is 3.71. The van der Waals surface area contributed by atoms with Gasteiger partial charge in [0.1, 0.15) is 11.2 Å². The fourth-order valence-corrected chi connectivity index (χ4v) is 5.60. The second-order valence-electron chi connectivity index (χ2n) is 10.1. The van der Waals surface area contributed by atoms with Crippen LogP contribution in [0, 0.1) is 0 Å². The summed E-state index contributed by atoms with van der Waals surface area (Å²) in [6.45, 7) is 0. The van der Waals surface area contributed by atoms with Crippen molar-refractivity contribution in [1.29, 1.82) is 0 Å². The van der Waals surface area contributed by atoms with Crippen molar-refractivity contribution in [2.45, 2.75) is 0 Å². The third kappa shape index (κ3) is 4.24. The summed E-state index contributed by atoms with van der Waals surface area (Å²) in [4.78, 5) is 0. The van der Waals surface area contributed by atoms with E-state index < -0.39 is 143 Å². The summed E-state index contributed by atoms with van der Waals surface area (Å²) >= 11 is 0. The molecule has 0 aliphatic heterocycles. The first kappa shape index (κ1) is 12.6. The zero-order valence-electron chi connectivity index (χ0n) is 43.0. The molecule has 0 fully saturated rings. The fraction of sp³-hybridized carbons (Fsp3) is 0. The molecule has 0 aliphatic carbocycles. The van der Waals surface area contributed by atoms with Crippen molar-refractivity contribution in [3.05, 3.63) is 169 Å². The van der Waals surface area contributed by atoms with Crippen LogP contribution in [0.1, 0.15) is 27.4 Å². The molecule has 0 radical (unpaired) electrons. The molecule has 1 heteroatoms. The molecule has 9 aromatic rings. The van der Waals surface area contributed by atoms with Gasteiger partial charge >= 0.3 is 0 Å². The van der Waals surface area contributed by atoms with Gasteiger partial charge in [-0.05, 0) is 84.2 Å². The van der Waals surface area contributed by atoms with E-state index in [2.05, 4.69) is 0 Å². The summed E-state index contributed by atoms with van der Waals surface area (Å²) < 4.78 is 182. The van der Waals surface area contributed by atoms with Gasteiger partial charge in [0.15, 0.2) is 0 Å². The van der Waals surface area contributed by atoms with Crippen LogP contribution in [-0.2, 0) is 0 Å². The van der Waals surface area contributed by atoms with E-state index in [4.69, 9.17) is 22.2 Å². The standard InChI is InChI=1S/C44H28O/c1-2-10-29(11-3-1)30-18-22-32(23-19-30)43-36-13-4-6-15-38(36)44(39-16-7-5-14-37(39)43)33-24-20-31(21-25-33)34-26-27-42-40(28-34)35-12-8-9-17-41(35)45-42/h1-28H/i1D,2D,3D,8D,9D,10D,11D,12D,17D,18D,19D,20D,21D,22D,23D,24D,25D,26D,27D,28D. The van der Waals surface area contributed by atoms with Gasteiger partial charge < -0.3 is 4.42 Å². The molecule has 210 valence electrons. The largest absolute Gasteiger partial charge is 0.456 e. The lowest BCUT2D eigenvalue weighted by Crippen LogP contribution is -1.91. The minimum atomic E-state index is -0.718. The van der Waals surface area contributed by atoms with E-state index in [9.17, 15) is 9.60 Å². The molecule has 1 nitrogen and oxygen atoms in total. The number of fused-ring (bicyclic) bond motifs is 5. The predicted octanol–water partition coefficient (Wildman–Crippen LogP) is 12.6. The summed E-state index contributed by atoms with van der Waals surface area (Å²) in [5, 5.41) is 0.699. The Balaban J connectivity index is 1.34. The molecule has 0 aliphatic rings. The molecule has 0 saturated heterocycles. The number of hydrogen-bond donors (Lipinski definition) is 0. The quantitative estimate of drug-likeness (QED) is 0.185. The van der Waals surface area contributed by atoms with E-state index in [1.165, 1.54) is 0 Å². The molecule has 0 spiro atoms. The van der Waals surface area contributed by atoms with Crippen molar-refractivity contribution < 1.29 is 31.8 Å². The average molecular weight is 593 g/mol. The van der Waals surface area contributed by atoms with Gasteiger partial charge in [-0.1, -0.05) is 151 Å². The van der Waals surface area contributed by atoms with Gasteiger partial charge in [0.05, 0.1) is 27.4 Å². The van der Waals surface area contributed by atoms with Crippen LogP contribution in [0.2, 0.25) is 0 Å². The maximum atomic E-state index is 9.45. The lowest BCUT2D eigenvalue weighted by Gasteiger charge is -2.18. The third-order valence-electron chi connectivity index (χ3n) is 7.57. The molecule has 1 aromatic heterocycles. The molecule has 0 atom stereocenters. The van der Waals surface area contributed by atoms with Gasteiger partial charge in [0.25, 0.3) is 0 Å². The van der Waals surface area contributed by atoms with Gasteiger partial charge in [0, 0.05) is 10.8 Å². The molecule has 9 rings (SSSR count). The maximum absolute atomic E-state index is 9.45. The summed E-state index contributed by atoms with van der Waals surface area (Å²) in [6.07, 6.45) is 0. The molecule has 45 heavy (non-hydrogen) atoms. The SMILES string of the molecule is [2H]c1c([2H])c([2H])c(-c2c([2H])c([2H])c(-c3c4ccccc4c(-c4c([2H])c([2H])c(-c5c([2H])c([2H])c6oc7c([2H])c([2H])c([2H])c([2H])c7c6c5[2H])c([2H])c4[2H])c4ccccc34)c([2H])c2[2H])c([2H])c1[2H]. The van der Waals surface area contributed by atoms with Crippen LogP contribution in [0.4, 0.5) is 0 Å². The van der Waals surface area contributed by atoms with Crippen molar-refractivity contribution in [2.75, 3.05) is 0 Å². The highest BCUT2D eigenvalue weighted by molar-refractivity contribution is 6.21. The maximum Gasteiger partial charge on any atom is 0.135 e. The molecule has 0 amide bonds. The van der Waals surface area contributed by atoms with E-state index >= 15 is 0 Å². The fourth-order valence-electron chi connectivity index (χ4n) is 5.60. The van der Waals surface area contributed by atoms with Crippen LogP contribution < -0.4 is 0 Å². The minimum Gasteiger partial charge on any atom is -0.456 e. The number of para-hydroxylation sites is 1. The molecular formula is C44H28O. The Labute approximate surface area is 289 Å². The minimum absolute atomic E-state index is 0.181. The lowest BCUT2D eigenvalue weighted by molar-refractivity contribution is 0.669. The van der Waals surface area contributed by atoms with E-state index in [1.54, 1.807) is 48.5 Å². The van der Waals surface area contributed by atoms with Crippen molar-refractivity contribution >= 4 is 43.5 Å². The Bertz CT molecular complexity index is 3520. The van der Waals surface area contributed by atoms with Gasteiger partial charge in [-0.3, -0.25) is 0 Å². The van der Waals surface area contributed by atoms with Crippen LogP contribution in [0.5, 0.6) is 0 Å².